The van der Waals surface area contributed by atoms with Crippen molar-refractivity contribution in [2.75, 3.05) is 26.2 Å². The van der Waals surface area contributed by atoms with E-state index in [9.17, 15) is 9.18 Å². The number of hydrogen-bond donors (Lipinski definition) is 1. The number of rotatable bonds is 3. The van der Waals surface area contributed by atoms with Crippen molar-refractivity contribution in [2.45, 2.75) is 19.3 Å². The molecule has 3 fully saturated rings. The fraction of sp³-hybridized carbons (Fsp3) is 0.471. The van der Waals surface area contributed by atoms with Crippen LogP contribution in [0.15, 0.2) is 18.3 Å². The fourth-order valence-corrected chi connectivity index (χ4v) is 3.99. The highest BCUT2D eigenvalue weighted by Gasteiger charge is 2.40. The van der Waals surface area contributed by atoms with Gasteiger partial charge in [0.1, 0.15) is 5.82 Å². The second kappa shape index (κ2) is 5.49. The van der Waals surface area contributed by atoms with Crippen LogP contribution in [0.2, 0.25) is 5.02 Å². The van der Waals surface area contributed by atoms with Crippen LogP contribution in [0.1, 0.15) is 29.6 Å². The number of esters is 1. The third kappa shape index (κ3) is 2.52. The molecule has 3 saturated heterocycles. The van der Waals surface area contributed by atoms with Gasteiger partial charge in [-0.2, -0.15) is 0 Å². The molecule has 0 saturated carbocycles. The number of fused-ring (bicyclic) bond motifs is 4. The van der Waals surface area contributed by atoms with Crippen molar-refractivity contribution < 1.29 is 13.9 Å². The number of aromatic nitrogens is 1. The molecular weight excluding hydrogens is 319 g/mol. The van der Waals surface area contributed by atoms with E-state index >= 15 is 0 Å². The summed E-state index contributed by atoms with van der Waals surface area (Å²) in [6, 6.07) is 2.86. The monoisotopic (exact) mass is 336 g/mol. The van der Waals surface area contributed by atoms with E-state index < -0.39 is 11.8 Å². The minimum atomic E-state index is -0.536. The summed E-state index contributed by atoms with van der Waals surface area (Å²) in [4.78, 5) is 17.9. The first-order valence-corrected chi connectivity index (χ1v) is 8.30. The molecule has 0 amide bonds. The molecule has 2 bridgehead atoms. The van der Waals surface area contributed by atoms with Crippen molar-refractivity contribution in [3.63, 3.8) is 0 Å². The Morgan fingerprint density at radius 3 is 2.70 bits per heavy atom. The van der Waals surface area contributed by atoms with Crippen molar-refractivity contribution >= 4 is 28.5 Å². The Bertz CT molecular complexity index is 752. The molecule has 4 nitrogen and oxygen atoms in total. The van der Waals surface area contributed by atoms with Crippen molar-refractivity contribution in [3.05, 3.63) is 34.7 Å². The quantitative estimate of drug-likeness (QED) is 0.871. The maximum Gasteiger partial charge on any atom is 0.340 e. The molecule has 122 valence electrons. The summed E-state index contributed by atoms with van der Waals surface area (Å²) in [7, 11) is 0. The van der Waals surface area contributed by atoms with Gasteiger partial charge in [0.05, 0.1) is 17.2 Å². The van der Waals surface area contributed by atoms with Gasteiger partial charge in [0.2, 0.25) is 0 Å². The zero-order chi connectivity index (χ0) is 16.0. The summed E-state index contributed by atoms with van der Waals surface area (Å²) in [5.74, 6) is -0.975. The lowest BCUT2D eigenvalue weighted by Gasteiger charge is -2.47. The second-order valence-corrected chi connectivity index (χ2v) is 7.03. The molecule has 6 heteroatoms. The van der Waals surface area contributed by atoms with Crippen LogP contribution in [-0.4, -0.2) is 42.1 Å². The summed E-state index contributed by atoms with van der Waals surface area (Å²) in [6.45, 7) is 3.68. The van der Waals surface area contributed by atoms with Crippen LogP contribution >= 0.6 is 11.6 Å². The van der Waals surface area contributed by atoms with E-state index in [0.29, 0.717) is 23.1 Å². The molecule has 1 aromatic carbocycles. The zero-order valence-electron chi connectivity index (χ0n) is 12.7. The van der Waals surface area contributed by atoms with Crippen molar-refractivity contribution in [2.24, 2.45) is 5.41 Å². The molecule has 23 heavy (non-hydrogen) atoms. The standard InChI is InChI=1S/C17H18ClFN2O2/c18-15-12(19)1-2-13-14(15)11(9-20-13)16(22)23-10-17-3-6-21(7-4-17)8-5-17/h1-2,9,20H,3-8,10H2. The largest absolute Gasteiger partial charge is 0.461 e. The predicted octanol–water partition coefficient (Wildman–Crippen LogP) is 3.60. The molecule has 0 atom stereocenters. The van der Waals surface area contributed by atoms with Gasteiger partial charge in [-0.05, 0) is 51.0 Å². The maximum absolute atomic E-state index is 13.7. The predicted molar refractivity (Wildman–Crippen MR) is 86.3 cm³/mol. The average Bonchev–Trinajstić information content (AvgIpc) is 3.03. The highest BCUT2D eigenvalue weighted by Crippen LogP contribution is 2.40. The van der Waals surface area contributed by atoms with Crippen LogP contribution in [0.3, 0.4) is 0 Å². The Balaban J connectivity index is 1.54. The summed E-state index contributed by atoms with van der Waals surface area (Å²) >= 11 is 6.02. The third-order valence-electron chi connectivity index (χ3n) is 5.34. The van der Waals surface area contributed by atoms with E-state index in [1.165, 1.54) is 6.07 Å². The van der Waals surface area contributed by atoms with Crippen molar-refractivity contribution in [3.8, 4) is 0 Å². The van der Waals surface area contributed by atoms with E-state index in [4.69, 9.17) is 16.3 Å². The summed E-state index contributed by atoms with van der Waals surface area (Å²) in [5.41, 5.74) is 1.05. The number of carbonyl (C=O) groups excluding carboxylic acids is 1. The van der Waals surface area contributed by atoms with Crippen LogP contribution in [0, 0.1) is 11.2 Å². The van der Waals surface area contributed by atoms with Gasteiger partial charge in [0, 0.05) is 22.5 Å². The smallest absolute Gasteiger partial charge is 0.340 e. The van der Waals surface area contributed by atoms with Gasteiger partial charge < -0.3 is 14.6 Å². The van der Waals surface area contributed by atoms with Crippen LogP contribution in [-0.2, 0) is 4.74 Å². The van der Waals surface area contributed by atoms with Gasteiger partial charge >= 0.3 is 5.97 Å². The summed E-state index contributed by atoms with van der Waals surface area (Å²) in [6.07, 6.45) is 4.76. The maximum atomic E-state index is 13.7. The second-order valence-electron chi connectivity index (χ2n) is 6.65. The van der Waals surface area contributed by atoms with Crippen LogP contribution in [0.5, 0.6) is 0 Å². The number of ether oxygens (including phenoxy) is 1. The average molecular weight is 337 g/mol. The first kappa shape index (κ1) is 15.0. The SMILES string of the molecule is O=C(OCC12CCN(CC1)CC2)c1c[nH]c2ccc(F)c(Cl)c12. The Hall–Kier alpha value is -1.59. The van der Waals surface area contributed by atoms with Gasteiger partial charge in [0.25, 0.3) is 0 Å². The Labute approximate surface area is 138 Å². The number of piperidine rings is 3. The molecule has 1 N–H and O–H groups in total. The number of halogens is 2. The molecule has 5 rings (SSSR count). The molecule has 3 aliphatic rings. The Morgan fingerprint density at radius 2 is 2.00 bits per heavy atom. The number of benzene rings is 1. The lowest BCUT2D eigenvalue weighted by atomic mass is 9.73. The molecular formula is C17H18ClFN2O2. The molecule has 1 aromatic heterocycles. The third-order valence-corrected chi connectivity index (χ3v) is 5.71. The minimum absolute atomic E-state index is 0.0418. The molecule has 4 heterocycles. The molecule has 0 unspecified atom stereocenters. The van der Waals surface area contributed by atoms with Crippen LogP contribution in [0.25, 0.3) is 10.9 Å². The highest BCUT2D eigenvalue weighted by molar-refractivity contribution is 6.36. The molecule has 0 radical (unpaired) electrons. The number of nitrogens with zero attached hydrogens (tertiary/aromatic N) is 1. The van der Waals surface area contributed by atoms with E-state index in [-0.39, 0.29) is 10.4 Å². The highest BCUT2D eigenvalue weighted by atomic mass is 35.5. The van der Waals surface area contributed by atoms with Crippen LogP contribution < -0.4 is 0 Å². The zero-order valence-corrected chi connectivity index (χ0v) is 13.5. The molecule has 0 aliphatic carbocycles. The Kier molecular flexibility index (Phi) is 3.58. The first-order chi connectivity index (χ1) is 11.1. The molecule has 2 aromatic rings. The number of H-pyrrole nitrogens is 1. The van der Waals surface area contributed by atoms with Gasteiger partial charge in [-0.3, -0.25) is 0 Å². The lowest BCUT2D eigenvalue weighted by Crippen LogP contribution is -2.50. The van der Waals surface area contributed by atoms with E-state index in [0.717, 1.165) is 38.9 Å². The summed E-state index contributed by atoms with van der Waals surface area (Å²) in [5, 5.41) is 0.354. The van der Waals surface area contributed by atoms with Gasteiger partial charge in [0.15, 0.2) is 0 Å². The number of aromatic amines is 1. The van der Waals surface area contributed by atoms with E-state index in [1.54, 1.807) is 12.3 Å². The van der Waals surface area contributed by atoms with Crippen molar-refractivity contribution in [1.29, 1.82) is 0 Å². The van der Waals surface area contributed by atoms with Gasteiger partial charge in [-0.25, -0.2) is 9.18 Å². The summed E-state index contributed by atoms with van der Waals surface area (Å²) < 4.78 is 19.3. The topological polar surface area (TPSA) is 45.3 Å². The van der Waals surface area contributed by atoms with Gasteiger partial charge in [-0.15, -0.1) is 0 Å². The fourth-order valence-electron chi connectivity index (χ4n) is 3.73. The number of nitrogens with one attached hydrogen (secondary N) is 1. The lowest BCUT2D eigenvalue weighted by molar-refractivity contribution is -0.0304. The number of hydrogen-bond acceptors (Lipinski definition) is 3. The normalized spacial score (nSPS) is 26.6. The number of carbonyl (C=O) groups is 1. The minimum Gasteiger partial charge on any atom is -0.461 e. The first-order valence-electron chi connectivity index (χ1n) is 7.93. The molecule has 3 aliphatic heterocycles. The van der Waals surface area contributed by atoms with Crippen molar-refractivity contribution in [1.82, 2.24) is 9.88 Å². The van der Waals surface area contributed by atoms with Crippen LogP contribution in [0.4, 0.5) is 4.39 Å². The van der Waals surface area contributed by atoms with Gasteiger partial charge in [-0.1, -0.05) is 11.6 Å². The van der Waals surface area contributed by atoms with E-state index in [2.05, 4.69) is 9.88 Å². The Morgan fingerprint density at radius 1 is 1.30 bits per heavy atom. The van der Waals surface area contributed by atoms with E-state index in [1.807, 2.05) is 0 Å². The molecule has 0 spiro atoms.